The number of aromatic nitrogens is 1. The van der Waals surface area contributed by atoms with Crippen LogP contribution in [0.1, 0.15) is 11.1 Å². The quantitative estimate of drug-likeness (QED) is 0.849. The van der Waals surface area contributed by atoms with Crippen LogP contribution < -0.4 is 5.73 Å². The summed E-state index contributed by atoms with van der Waals surface area (Å²) in [6.07, 6.45) is 3.25. The molecule has 19 heavy (non-hydrogen) atoms. The summed E-state index contributed by atoms with van der Waals surface area (Å²) in [5, 5.41) is 9.90. The van der Waals surface area contributed by atoms with Gasteiger partial charge in [-0.2, -0.15) is 5.26 Å². The van der Waals surface area contributed by atoms with E-state index in [1.807, 2.05) is 0 Å². The molecule has 3 nitrogen and oxygen atoms in total. The second kappa shape index (κ2) is 5.87. The van der Waals surface area contributed by atoms with E-state index in [2.05, 4.69) is 27.0 Å². The van der Waals surface area contributed by atoms with Crippen molar-refractivity contribution in [2.24, 2.45) is 5.73 Å². The van der Waals surface area contributed by atoms with Crippen molar-refractivity contribution >= 4 is 38.8 Å². The summed E-state index contributed by atoms with van der Waals surface area (Å²) in [6.45, 7) is 0. The molecule has 1 aromatic carbocycles. The van der Waals surface area contributed by atoms with Gasteiger partial charge in [0.25, 0.3) is 0 Å². The van der Waals surface area contributed by atoms with E-state index in [1.165, 1.54) is 0 Å². The van der Waals surface area contributed by atoms with Gasteiger partial charge in [-0.3, -0.25) is 4.98 Å². The number of nitrogens with two attached hydrogens (primary N) is 1. The number of hydrogen-bond donors (Lipinski definition) is 1. The van der Waals surface area contributed by atoms with Crippen LogP contribution in [0.3, 0.4) is 0 Å². The molecule has 0 amide bonds. The third-order valence-corrected chi connectivity index (χ3v) is 3.44. The molecule has 1 heterocycles. The maximum atomic E-state index is 9.30. The molecule has 0 aliphatic heterocycles. The minimum atomic E-state index is 0.385. The van der Waals surface area contributed by atoms with E-state index in [1.54, 1.807) is 42.7 Å². The minimum absolute atomic E-state index is 0.385. The lowest BCUT2D eigenvalue weighted by molar-refractivity contribution is 1.31. The second-order valence-electron chi connectivity index (χ2n) is 3.77. The molecule has 5 heteroatoms. The van der Waals surface area contributed by atoms with Crippen LogP contribution in [0.4, 0.5) is 0 Å². The van der Waals surface area contributed by atoms with E-state index in [0.717, 1.165) is 10.0 Å². The fourth-order valence-electron chi connectivity index (χ4n) is 1.63. The average Bonchev–Trinajstić information content (AvgIpc) is 2.40. The Morgan fingerprint density at radius 2 is 2.16 bits per heavy atom. The summed E-state index contributed by atoms with van der Waals surface area (Å²) >= 11 is 9.28. The molecular formula is C14H9BrClN3. The van der Waals surface area contributed by atoms with Crippen molar-refractivity contribution in [2.75, 3.05) is 0 Å². The first-order valence-electron chi connectivity index (χ1n) is 5.39. The molecule has 2 N–H and O–H groups in total. The Bertz CT molecular complexity index is 675. The van der Waals surface area contributed by atoms with Crippen molar-refractivity contribution in [3.63, 3.8) is 0 Å². The van der Waals surface area contributed by atoms with Crippen LogP contribution in [0.5, 0.6) is 0 Å². The van der Waals surface area contributed by atoms with Crippen molar-refractivity contribution in [1.82, 2.24) is 4.98 Å². The SMILES string of the molecule is N#C/C(=C(/N)c1ccc(Cl)cc1Br)c1cccnc1. The smallest absolute Gasteiger partial charge is 0.102 e. The fraction of sp³-hybridized carbons (Fsp3) is 0. The van der Waals surface area contributed by atoms with E-state index >= 15 is 0 Å². The topological polar surface area (TPSA) is 62.7 Å². The van der Waals surface area contributed by atoms with Crippen LogP contribution in [0.25, 0.3) is 11.3 Å². The number of nitrogens with zero attached hydrogens (tertiary/aromatic N) is 2. The van der Waals surface area contributed by atoms with E-state index < -0.39 is 0 Å². The van der Waals surface area contributed by atoms with Crippen LogP contribution in [-0.2, 0) is 0 Å². The number of nitriles is 1. The van der Waals surface area contributed by atoms with Crippen LogP contribution in [0.2, 0.25) is 5.02 Å². The van der Waals surface area contributed by atoms with Crippen molar-refractivity contribution in [3.8, 4) is 6.07 Å². The first-order valence-corrected chi connectivity index (χ1v) is 6.56. The zero-order valence-electron chi connectivity index (χ0n) is 9.77. The average molecular weight is 335 g/mol. The summed E-state index contributed by atoms with van der Waals surface area (Å²) in [6, 6.07) is 10.9. The highest BCUT2D eigenvalue weighted by atomic mass is 79.9. The van der Waals surface area contributed by atoms with Gasteiger partial charge >= 0.3 is 0 Å². The van der Waals surface area contributed by atoms with Crippen LogP contribution in [-0.4, -0.2) is 4.98 Å². The van der Waals surface area contributed by atoms with Gasteiger partial charge in [0.15, 0.2) is 0 Å². The lowest BCUT2D eigenvalue weighted by atomic mass is 10.0. The lowest BCUT2D eigenvalue weighted by Gasteiger charge is -2.08. The molecule has 0 saturated heterocycles. The van der Waals surface area contributed by atoms with E-state index in [0.29, 0.717) is 21.9 Å². The van der Waals surface area contributed by atoms with E-state index in [-0.39, 0.29) is 0 Å². The maximum Gasteiger partial charge on any atom is 0.102 e. The van der Waals surface area contributed by atoms with Gasteiger partial charge in [0.05, 0.1) is 11.3 Å². The van der Waals surface area contributed by atoms with Gasteiger partial charge in [-0.1, -0.05) is 39.7 Å². The highest BCUT2D eigenvalue weighted by Crippen LogP contribution is 2.29. The van der Waals surface area contributed by atoms with Crippen LogP contribution in [0, 0.1) is 11.3 Å². The molecule has 2 aromatic rings. The number of allylic oxidation sites excluding steroid dienone is 1. The Hall–Kier alpha value is -1.83. The molecule has 0 aliphatic rings. The summed E-state index contributed by atoms with van der Waals surface area (Å²) in [7, 11) is 0. The van der Waals surface area contributed by atoms with Crippen LogP contribution in [0.15, 0.2) is 47.2 Å². The molecule has 0 spiro atoms. The van der Waals surface area contributed by atoms with Gasteiger partial charge in [0.2, 0.25) is 0 Å². The molecule has 0 aliphatic carbocycles. The predicted octanol–water partition coefficient (Wildman–Crippen LogP) is 3.85. The molecule has 0 atom stereocenters. The lowest BCUT2D eigenvalue weighted by Crippen LogP contribution is -2.01. The Balaban J connectivity index is 2.59. The first kappa shape index (κ1) is 13.6. The standard InChI is InChI=1S/C14H9BrClN3/c15-13-6-10(16)3-4-11(13)14(18)12(7-17)9-2-1-5-19-8-9/h1-6,8H,18H2/b14-12-. The van der Waals surface area contributed by atoms with Gasteiger partial charge in [-0.15, -0.1) is 0 Å². The van der Waals surface area contributed by atoms with Gasteiger partial charge in [-0.25, -0.2) is 0 Å². The number of halogens is 2. The summed E-state index contributed by atoms with van der Waals surface area (Å²) in [5.41, 5.74) is 8.27. The third kappa shape index (κ3) is 2.95. The summed E-state index contributed by atoms with van der Waals surface area (Å²) in [5.74, 6) is 0. The predicted molar refractivity (Wildman–Crippen MR) is 80.0 cm³/mol. The molecule has 0 unspecified atom stereocenters. The minimum Gasteiger partial charge on any atom is -0.397 e. The molecule has 0 radical (unpaired) electrons. The van der Waals surface area contributed by atoms with Crippen LogP contribution >= 0.6 is 27.5 Å². The fourth-order valence-corrected chi connectivity index (χ4v) is 2.53. The Labute approximate surface area is 124 Å². The highest BCUT2D eigenvalue weighted by molar-refractivity contribution is 9.10. The van der Waals surface area contributed by atoms with E-state index in [9.17, 15) is 5.26 Å². The number of pyridine rings is 1. The number of hydrogen-bond acceptors (Lipinski definition) is 3. The Morgan fingerprint density at radius 3 is 2.74 bits per heavy atom. The van der Waals surface area contributed by atoms with Gasteiger partial charge < -0.3 is 5.73 Å². The maximum absolute atomic E-state index is 9.30. The molecule has 0 saturated carbocycles. The zero-order chi connectivity index (χ0) is 13.8. The highest BCUT2D eigenvalue weighted by Gasteiger charge is 2.11. The van der Waals surface area contributed by atoms with Gasteiger partial charge in [-0.05, 0) is 18.2 Å². The van der Waals surface area contributed by atoms with Crippen molar-refractivity contribution in [2.45, 2.75) is 0 Å². The zero-order valence-corrected chi connectivity index (χ0v) is 12.1. The van der Waals surface area contributed by atoms with E-state index in [4.69, 9.17) is 17.3 Å². The normalized spacial score (nSPS) is 11.6. The first-order chi connectivity index (χ1) is 9.13. The van der Waals surface area contributed by atoms with Crippen molar-refractivity contribution < 1.29 is 0 Å². The Morgan fingerprint density at radius 1 is 1.37 bits per heavy atom. The Kier molecular flexibility index (Phi) is 4.20. The molecular weight excluding hydrogens is 326 g/mol. The molecule has 0 bridgehead atoms. The van der Waals surface area contributed by atoms with Gasteiger partial charge in [0, 0.05) is 33.0 Å². The third-order valence-electron chi connectivity index (χ3n) is 2.55. The van der Waals surface area contributed by atoms with Crippen molar-refractivity contribution in [1.29, 1.82) is 5.26 Å². The molecule has 2 rings (SSSR count). The molecule has 94 valence electrons. The molecule has 0 fully saturated rings. The number of rotatable bonds is 2. The summed E-state index contributed by atoms with van der Waals surface area (Å²) < 4.78 is 0.745. The monoisotopic (exact) mass is 333 g/mol. The molecule has 1 aromatic heterocycles. The number of benzene rings is 1. The van der Waals surface area contributed by atoms with Gasteiger partial charge in [0.1, 0.15) is 6.07 Å². The van der Waals surface area contributed by atoms with Crippen molar-refractivity contribution in [3.05, 3.63) is 63.3 Å². The largest absolute Gasteiger partial charge is 0.397 e. The summed E-state index contributed by atoms with van der Waals surface area (Å²) in [4.78, 5) is 3.99. The second-order valence-corrected chi connectivity index (χ2v) is 5.06.